The third-order valence-electron chi connectivity index (χ3n) is 2.50. The summed E-state index contributed by atoms with van der Waals surface area (Å²) in [5, 5.41) is 10.2. The molecule has 0 radical (unpaired) electrons. The van der Waals surface area contributed by atoms with Crippen LogP contribution in [0.15, 0.2) is 25.8 Å². The lowest BCUT2D eigenvalue weighted by molar-refractivity contribution is 0.179. The van der Waals surface area contributed by atoms with Gasteiger partial charge in [-0.05, 0) is 56.5 Å². The first kappa shape index (κ1) is 13.7. The molecule has 2 heterocycles. The van der Waals surface area contributed by atoms with Crippen LogP contribution in [0.5, 0.6) is 0 Å². The Labute approximate surface area is 126 Å². The van der Waals surface area contributed by atoms with E-state index in [1.165, 1.54) is 9.75 Å². The van der Waals surface area contributed by atoms with Gasteiger partial charge >= 0.3 is 0 Å². The molecule has 0 amide bonds. The average Bonchev–Trinajstić information content (AvgIpc) is 2.85. The largest absolute Gasteiger partial charge is 0.388 e. The molecule has 1 atom stereocenters. The Morgan fingerprint density at radius 3 is 2.47 bits per heavy atom. The molecule has 92 valence electrons. The van der Waals surface area contributed by atoms with Crippen LogP contribution in [-0.4, -0.2) is 5.11 Å². The molecule has 0 bridgehead atoms. The highest BCUT2D eigenvalue weighted by Crippen LogP contribution is 2.37. The van der Waals surface area contributed by atoms with Crippen molar-refractivity contribution in [2.45, 2.75) is 25.9 Å². The van der Waals surface area contributed by atoms with Crippen molar-refractivity contribution >= 4 is 54.5 Å². The minimum Gasteiger partial charge on any atom is -0.388 e. The number of halogens is 2. The summed E-state index contributed by atoms with van der Waals surface area (Å²) in [4.78, 5) is 2.61. The van der Waals surface area contributed by atoms with Crippen molar-refractivity contribution in [2.24, 2.45) is 0 Å². The van der Waals surface area contributed by atoms with Crippen LogP contribution in [0.4, 0.5) is 0 Å². The topological polar surface area (TPSA) is 20.2 Å². The first-order valence-corrected chi connectivity index (χ1v) is 8.52. The van der Waals surface area contributed by atoms with Gasteiger partial charge in [-0.1, -0.05) is 6.92 Å². The van der Waals surface area contributed by atoms with Gasteiger partial charge in [0, 0.05) is 21.7 Å². The van der Waals surface area contributed by atoms with E-state index in [1.54, 1.807) is 22.7 Å². The smallest absolute Gasteiger partial charge is 0.0857 e. The molecule has 2 aromatic rings. The predicted octanol–water partition coefficient (Wildman–Crippen LogP) is 5.17. The number of aliphatic hydroxyl groups is 1. The van der Waals surface area contributed by atoms with Crippen molar-refractivity contribution in [3.63, 3.8) is 0 Å². The van der Waals surface area contributed by atoms with Gasteiger partial charge in [0.05, 0.1) is 13.7 Å². The Bertz CT molecular complexity index is 504. The standard InChI is InChI=1S/C12H12Br2OS2/c1-2-7-3-4-8(16-7)5-10(15)9-6-11(13)17-12(9)14/h3-4,6,10,15H,2,5H2,1H3. The Morgan fingerprint density at radius 1 is 1.24 bits per heavy atom. The lowest BCUT2D eigenvalue weighted by Gasteiger charge is -2.07. The van der Waals surface area contributed by atoms with Crippen LogP contribution < -0.4 is 0 Å². The van der Waals surface area contributed by atoms with Crippen molar-refractivity contribution in [1.29, 1.82) is 0 Å². The molecule has 1 unspecified atom stereocenters. The molecule has 0 saturated heterocycles. The summed E-state index contributed by atoms with van der Waals surface area (Å²) in [5.74, 6) is 0. The van der Waals surface area contributed by atoms with E-state index in [1.807, 2.05) is 6.07 Å². The highest BCUT2D eigenvalue weighted by Gasteiger charge is 2.15. The van der Waals surface area contributed by atoms with Crippen LogP contribution >= 0.6 is 54.5 Å². The van der Waals surface area contributed by atoms with Crippen LogP contribution in [0.3, 0.4) is 0 Å². The number of hydrogen-bond acceptors (Lipinski definition) is 3. The summed E-state index contributed by atoms with van der Waals surface area (Å²) in [6.07, 6.45) is 1.32. The molecular formula is C12H12Br2OS2. The Hall–Kier alpha value is 0.320. The van der Waals surface area contributed by atoms with Crippen molar-refractivity contribution in [3.05, 3.63) is 41.1 Å². The van der Waals surface area contributed by atoms with Gasteiger partial charge in [0.1, 0.15) is 0 Å². The minimum atomic E-state index is -0.435. The number of hydrogen-bond donors (Lipinski definition) is 1. The molecule has 1 N–H and O–H groups in total. The van der Waals surface area contributed by atoms with Crippen molar-refractivity contribution in [1.82, 2.24) is 0 Å². The van der Waals surface area contributed by atoms with Crippen LogP contribution in [0.25, 0.3) is 0 Å². The van der Waals surface area contributed by atoms with Gasteiger partial charge < -0.3 is 5.11 Å². The van der Waals surface area contributed by atoms with Crippen LogP contribution in [-0.2, 0) is 12.8 Å². The van der Waals surface area contributed by atoms with Crippen molar-refractivity contribution in [3.8, 4) is 0 Å². The molecule has 0 aliphatic heterocycles. The fraction of sp³-hybridized carbons (Fsp3) is 0.333. The van der Waals surface area contributed by atoms with Gasteiger partial charge in [-0.3, -0.25) is 0 Å². The third kappa shape index (κ3) is 3.41. The molecule has 0 fully saturated rings. The van der Waals surface area contributed by atoms with E-state index in [0.29, 0.717) is 6.42 Å². The normalized spacial score (nSPS) is 12.9. The summed E-state index contributed by atoms with van der Waals surface area (Å²) in [6, 6.07) is 6.24. The van der Waals surface area contributed by atoms with Gasteiger partial charge in [-0.25, -0.2) is 0 Å². The van der Waals surface area contributed by atoms with E-state index in [-0.39, 0.29) is 0 Å². The number of rotatable bonds is 4. The minimum absolute atomic E-state index is 0.435. The summed E-state index contributed by atoms with van der Waals surface area (Å²) >= 11 is 10.3. The first-order chi connectivity index (χ1) is 8.10. The molecule has 0 aliphatic rings. The lowest BCUT2D eigenvalue weighted by atomic mass is 10.1. The highest BCUT2D eigenvalue weighted by molar-refractivity contribution is 9.12. The zero-order valence-electron chi connectivity index (χ0n) is 9.24. The fourth-order valence-corrected chi connectivity index (χ4v) is 5.55. The second-order valence-corrected chi connectivity index (χ2v) is 8.72. The molecule has 0 aliphatic carbocycles. The fourth-order valence-electron chi connectivity index (χ4n) is 1.60. The van der Waals surface area contributed by atoms with E-state index in [4.69, 9.17) is 0 Å². The van der Waals surface area contributed by atoms with Crippen LogP contribution in [0.1, 0.15) is 28.3 Å². The van der Waals surface area contributed by atoms with E-state index < -0.39 is 6.10 Å². The molecule has 1 nitrogen and oxygen atoms in total. The molecule has 0 spiro atoms. The quantitative estimate of drug-likeness (QED) is 0.756. The second kappa shape index (κ2) is 5.97. The molecule has 17 heavy (non-hydrogen) atoms. The zero-order valence-corrected chi connectivity index (χ0v) is 14.0. The van der Waals surface area contributed by atoms with E-state index in [0.717, 1.165) is 19.6 Å². The van der Waals surface area contributed by atoms with Gasteiger partial charge in [-0.2, -0.15) is 0 Å². The van der Waals surface area contributed by atoms with E-state index in [9.17, 15) is 5.11 Å². The monoisotopic (exact) mass is 394 g/mol. The van der Waals surface area contributed by atoms with Gasteiger partial charge in [0.2, 0.25) is 0 Å². The maximum absolute atomic E-state index is 10.2. The predicted molar refractivity (Wildman–Crippen MR) is 82.1 cm³/mol. The van der Waals surface area contributed by atoms with Gasteiger partial charge in [0.15, 0.2) is 0 Å². The van der Waals surface area contributed by atoms with Crippen molar-refractivity contribution in [2.75, 3.05) is 0 Å². The Kier molecular flexibility index (Phi) is 4.83. The third-order valence-corrected chi connectivity index (χ3v) is 6.14. The SMILES string of the molecule is CCc1ccc(CC(O)c2cc(Br)sc2Br)s1. The zero-order chi connectivity index (χ0) is 12.4. The number of thiophene rings is 2. The van der Waals surface area contributed by atoms with E-state index >= 15 is 0 Å². The van der Waals surface area contributed by atoms with Crippen LogP contribution in [0.2, 0.25) is 0 Å². The summed E-state index contributed by atoms with van der Waals surface area (Å²) in [7, 11) is 0. The Balaban J connectivity index is 2.11. The van der Waals surface area contributed by atoms with Gasteiger partial charge in [0.25, 0.3) is 0 Å². The number of aliphatic hydroxyl groups excluding tert-OH is 1. The maximum Gasteiger partial charge on any atom is 0.0857 e. The summed E-state index contributed by atoms with van der Waals surface area (Å²) in [5.41, 5.74) is 0.966. The molecular weight excluding hydrogens is 384 g/mol. The lowest BCUT2D eigenvalue weighted by Crippen LogP contribution is -1.99. The molecule has 2 rings (SSSR count). The van der Waals surface area contributed by atoms with E-state index in [2.05, 4.69) is 50.9 Å². The highest BCUT2D eigenvalue weighted by atomic mass is 79.9. The Morgan fingerprint density at radius 2 is 1.94 bits per heavy atom. The number of aryl methyl sites for hydroxylation is 1. The molecule has 2 aromatic heterocycles. The molecule has 0 saturated carbocycles. The second-order valence-electron chi connectivity index (χ2n) is 3.72. The molecule has 5 heteroatoms. The average molecular weight is 396 g/mol. The summed E-state index contributed by atoms with van der Waals surface area (Å²) in [6.45, 7) is 2.15. The maximum atomic E-state index is 10.2. The van der Waals surface area contributed by atoms with Gasteiger partial charge in [-0.15, -0.1) is 22.7 Å². The first-order valence-electron chi connectivity index (χ1n) is 5.30. The van der Waals surface area contributed by atoms with Crippen LogP contribution in [0, 0.1) is 0 Å². The van der Waals surface area contributed by atoms with Crippen molar-refractivity contribution < 1.29 is 5.11 Å². The molecule has 0 aromatic carbocycles. The summed E-state index contributed by atoms with van der Waals surface area (Å²) < 4.78 is 2.04.